The first-order valence-electron chi connectivity index (χ1n) is 10.5. The van der Waals surface area contributed by atoms with Crippen molar-refractivity contribution in [3.8, 4) is 0 Å². The van der Waals surface area contributed by atoms with Gasteiger partial charge in [0.1, 0.15) is 5.78 Å². The summed E-state index contributed by atoms with van der Waals surface area (Å²) in [7, 11) is 1.31. The van der Waals surface area contributed by atoms with Crippen LogP contribution >= 0.6 is 0 Å². The number of carbonyl (C=O) groups excluding carboxylic acids is 3. The van der Waals surface area contributed by atoms with Crippen molar-refractivity contribution in [2.75, 3.05) is 20.2 Å². The monoisotopic (exact) mass is 464 g/mol. The number of ether oxygens (including phenoxy) is 1. The van der Waals surface area contributed by atoms with Crippen LogP contribution in [-0.4, -0.2) is 42.9 Å². The number of nitrogens with zero attached hydrogens (tertiary/aromatic N) is 1. The average molecular weight is 464 g/mol. The van der Waals surface area contributed by atoms with Gasteiger partial charge in [0.15, 0.2) is 0 Å². The lowest BCUT2D eigenvalue weighted by molar-refractivity contribution is -0.137. The molecule has 2 rings (SSSR count). The molecule has 1 N–H and O–H groups in total. The summed E-state index contributed by atoms with van der Waals surface area (Å²) in [5, 5.41) is 1.44. The Morgan fingerprint density at radius 3 is 2.33 bits per heavy atom. The summed E-state index contributed by atoms with van der Waals surface area (Å²) >= 11 is 0. The van der Waals surface area contributed by atoms with Crippen LogP contribution in [0.15, 0.2) is 48.5 Å². The summed E-state index contributed by atoms with van der Waals surface area (Å²) in [5.41, 5.74) is 3.80. The molecular formula is C24H27F3N2O4. The zero-order valence-corrected chi connectivity index (χ0v) is 18.6. The number of ketones is 1. The molecule has 0 aliphatic rings. The summed E-state index contributed by atoms with van der Waals surface area (Å²) in [6.45, 7) is 2.26. The smallest absolute Gasteiger partial charge is 0.416 e. The Kier molecular flexibility index (Phi) is 9.59. The highest BCUT2D eigenvalue weighted by Gasteiger charge is 2.30. The van der Waals surface area contributed by atoms with E-state index in [0.717, 1.165) is 17.7 Å². The molecule has 2 aromatic carbocycles. The van der Waals surface area contributed by atoms with Crippen molar-refractivity contribution in [1.82, 2.24) is 10.4 Å². The Labute approximate surface area is 190 Å². The zero-order chi connectivity index (χ0) is 24.4. The number of hydrogen-bond donors (Lipinski definition) is 1. The fourth-order valence-electron chi connectivity index (χ4n) is 3.15. The second kappa shape index (κ2) is 12.2. The number of esters is 1. The highest BCUT2D eigenvalue weighted by atomic mass is 19.4. The fraction of sp³-hybridized carbons (Fsp3) is 0.375. The summed E-state index contributed by atoms with van der Waals surface area (Å²) in [5.74, 6) is -0.809. The topological polar surface area (TPSA) is 75.7 Å². The molecule has 178 valence electrons. The second-order valence-corrected chi connectivity index (χ2v) is 7.41. The quantitative estimate of drug-likeness (QED) is 0.402. The first-order valence-corrected chi connectivity index (χ1v) is 10.5. The lowest BCUT2D eigenvalue weighted by Crippen LogP contribution is -2.44. The molecule has 0 heterocycles. The molecule has 0 aliphatic heterocycles. The van der Waals surface area contributed by atoms with E-state index in [2.05, 4.69) is 10.2 Å². The van der Waals surface area contributed by atoms with E-state index in [1.807, 2.05) is 0 Å². The normalized spacial score (nSPS) is 11.2. The lowest BCUT2D eigenvalue weighted by atomic mass is 10.0. The molecule has 0 aromatic heterocycles. The van der Waals surface area contributed by atoms with Crippen molar-refractivity contribution in [1.29, 1.82) is 0 Å². The first-order chi connectivity index (χ1) is 15.6. The number of Topliss-reactive ketones (excluding diaryl/α,β-unsaturated/α-hetero) is 1. The van der Waals surface area contributed by atoms with Gasteiger partial charge in [-0.2, -0.15) is 13.2 Å². The number of halogens is 3. The third-order valence-electron chi connectivity index (χ3n) is 4.96. The predicted octanol–water partition coefficient (Wildman–Crippen LogP) is 3.98. The minimum Gasteiger partial charge on any atom is -0.465 e. The van der Waals surface area contributed by atoms with Crippen LogP contribution in [0.5, 0.6) is 0 Å². The third kappa shape index (κ3) is 8.34. The third-order valence-corrected chi connectivity index (χ3v) is 4.96. The van der Waals surface area contributed by atoms with Crippen molar-refractivity contribution in [3.63, 3.8) is 0 Å². The molecule has 0 aliphatic carbocycles. The van der Waals surface area contributed by atoms with Gasteiger partial charge in [-0.15, -0.1) is 0 Å². The Hall–Kier alpha value is -3.20. The number of benzene rings is 2. The van der Waals surface area contributed by atoms with Crippen molar-refractivity contribution in [2.45, 2.75) is 38.8 Å². The van der Waals surface area contributed by atoms with Gasteiger partial charge in [-0.05, 0) is 35.7 Å². The number of rotatable bonds is 11. The van der Waals surface area contributed by atoms with Crippen LogP contribution in [0, 0.1) is 0 Å². The number of methoxy groups -OCH3 is 1. The molecular weight excluding hydrogens is 437 g/mol. The van der Waals surface area contributed by atoms with Gasteiger partial charge in [0.05, 0.1) is 18.2 Å². The molecule has 0 bridgehead atoms. The Balaban J connectivity index is 1.86. The lowest BCUT2D eigenvalue weighted by Gasteiger charge is -2.23. The summed E-state index contributed by atoms with van der Waals surface area (Å²) in [6.07, 6.45) is -3.70. The first kappa shape index (κ1) is 26.1. The van der Waals surface area contributed by atoms with Gasteiger partial charge in [0.25, 0.3) is 0 Å². The van der Waals surface area contributed by atoms with Gasteiger partial charge in [0, 0.05) is 32.4 Å². The van der Waals surface area contributed by atoms with Gasteiger partial charge in [-0.25, -0.2) is 10.2 Å². The molecule has 0 unspecified atom stereocenters. The van der Waals surface area contributed by atoms with Crippen molar-refractivity contribution < 1.29 is 32.3 Å². The van der Waals surface area contributed by atoms with Crippen LogP contribution < -0.4 is 5.43 Å². The Bertz CT molecular complexity index is 959. The van der Waals surface area contributed by atoms with E-state index in [0.29, 0.717) is 24.1 Å². The fourth-order valence-corrected chi connectivity index (χ4v) is 3.15. The maximum atomic E-state index is 12.8. The van der Waals surface area contributed by atoms with E-state index in [1.54, 1.807) is 31.2 Å². The van der Waals surface area contributed by atoms with Crippen LogP contribution in [0.4, 0.5) is 13.2 Å². The average Bonchev–Trinajstić information content (AvgIpc) is 2.80. The van der Waals surface area contributed by atoms with E-state index >= 15 is 0 Å². The molecule has 0 fully saturated rings. The van der Waals surface area contributed by atoms with E-state index in [-0.39, 0.29) is 37.5 Å². The molecule has 1 amide bonds. The molecule has 0 saturated carbocycles. The number of alkyl halides is 3. The number of hydrogen-bond acceptors (Lipinski definition) is 5. The predicted molar refractivity (Wildman–Crippen MR) is 116 cm³/mol. The van der Waals surface area contributed by atoms with Crippen molar-refractivity contribution in [3.05, 3.63) is 70.8 Å². The van der Waals surface area contributed by atoms with Gasteiger partial charge in [-0.1, -0.05) is 37.3 Å². The molecule has 2 aromatic rings. The Morgan fingerprint density at radius 1 is 1.03 bits per heavy atom. The summed E-state index contributed by atoms with van der Waals surface area (Å²) in [4.78, 5) is 36.0. The van der Waals surface area contributed by atoms with Gasteiger partial charge >= 0.3 is 12.1 Å². The molecule has 0 radical (unpaired) electrons. The maximum Gasteiger partial charge on any atom is 0.416 e. The standard InChI is InChI=1S/C24H27F3N2O4/c1-3-22(31)29(14-12-17-7-9-19(10-8-17)23(32)33-2)28-13-11-21(30)16-18-5-4-6-20(15-18)24(25,26)27/h4-10,15,28H,3,11-14,16H2,1-2H3. The van der Waals surface area contributed by atoms with Crippen molar-refractivity contribution >= 4 is 17.7 Å². The SMILES string of the molecule is CCC(=O)N(CCc1ccc(C(=O)OC)cc1)NCCC(=O)Cc1cccc(C(F)(F)F)c1. The van der Waals surface area contributed by atoms with Crippen LogP contribution in [0.1, 0.15) is 46.8 Å². The largest absolute Gasteiger partial charge is 0.465 e. The van der Waals surface area contributed by atoms with Gasteiger partial charge in [0.2, 0.25) is 5.91 Å². The van der Waals surface area contributed by atoms with E-state index in [1.165, 1.54) is 24.3 Å². The van der Waals surface area contributed by atoms with Crippen LogP contribution in [-0.2, 0) is 33.3 Å². The van der Waals surface area contributed by atoms with Gasteiger partial charge in [-0.3, -0.25) is 14.6 Å². The highest BCUT2D eigenvalue weighted by Crippen LogP contribution is 2.29. The van der Waals surface area contributed by atoms with Crippen LogP contribution in [0.2, 0.25) is 0 Å². The van der Waals surface area contributed by atoms with Gasteiger partial charge < -0.3 is 4.74 Å². The number of hydrazine groups is 1. The Morgan fingerprint density at radius 2 is 1.73 bits per heavy atom. The minimum absolute atomic E-state index is 0.0670. The van der Waals surface area contributed by atoms with Crippen LogP contribution in [0.25, 0.3) is 0 Å². The maximum absolute atomic E-state index is 12.8. The minimum atomic E-state index is -4.46. The zero-order valence-electron chi connectivity index (χ0n) is 18.6. The summed E-state index contributed by atoms with van der Waals surface area (Å²) < 4.78 is 43.1. The number of nitrogens with one attached hydrogen (secondary N) is 1. The summed E-state index contributed by atoms with van der Waals surface area (Å²) in [6, 6.07) is 11.6. The highest BCUT2D eigenvalue weighted by molar-refractivity contribution is 5.89. The molecule has 0 atom stereocenters. The molecule has 33 heavy (non-hydrogen) atoms. The van der Waals surface area contributed by atoms with Crippen molar-refractivity contribution in [2.24, 2.45) is 0 Å². The van der Waals surface area contributed by atoms with E-state index < -0.39 is 17.7 Å². The number of carbonyl (C=O) groups is 3. The van der Waals surface area contributed by atoms with E-state index in [9.17, 15) is 27.6 Å². The van der Waals surface area contributed by atoms with E-state index in [4.69, 9.17) is 0 Å². The molecule has 0 spiro atoms. The molecule has 9 heteroatoms. The second-order valence-electron chi connectivity index (χ2n) is 7.41. The molecule has 6 nitrogen and oxygen atoms in total. The van der Waals surface area contributed by atoms with Crippen LogP contribution in [0.3, 0.4) is 0 Å². The molecule has 0 saturated heterocycles. The number of amides is 1.